The van der Waals surface area contributed by atoms with Crippen LogP contribution in [0.25, 0.3) is 0 Å². The summed E-state index contributed by atoms with van der Waals surface area (Å²) < 4.78 is 0. The maximum atomic E-state index is 6.69. The molecule has 0 radical (unpaired) electrons. The molecule has 0 aromatic heterocycles. The molecule has 0 rings (SSSR count). The molecule has 58 valence electrons. The van der Waals surface area contributed by atoms with Crippen molar-refractivity contribution in [1.29, 1.82) is 5.53 Å². The third-order valence-corrected chi connectivity index (χ3v) is 1.39. The third-order valence-electron chi connectivity index (χ3n) is 1.39. The molecule has 0 unspecified atom stereocenters. The van der Waals surface area contributed by atoms with Gasteiger partial charge < -0.3 is 5.32 Å². The van der Waals surface area contributed by atoms with Gasteiger partial charge in [-0.25, -0.2) is 5.53 Å². The summed E-state index contributed by atoms with van der Waals surface area (Å²) in [6.45, 7) is 5.87. The Morgan fingerprint density at radius 2 is 2.10 bits per heavy atom. The lowest BCUT2D eigenvalue weighted by molar-refractivity contribution is 0.523. The molecule has 0 fully saturated rings. The predicted molar refractivity (Wildman–Crippen MR) is 42.0 cm³/mol. The molecule has 0 saturated heterocycles. The number of allylic oxidation sites excluding steroid dienone is 1. The van der Waals surface area contributed by atoms with Crippen LogP contribution in [0.4, 0.5) is 0 Å². The van der Waals surface area contributed by atoms with Crippen LogP contribution in [0.1, 0.15) is 20.8 Å². The topological polar surface area (TPSA) is 48.2 Å². The van der Waals surface area contributed by atoms with E-state index in [2.05, 4.69) is 10.4 Å². The average Bonchev–Trinajstić information content (AvgIpc) is 1.87. The van der Waals surface area contributed by atoms with Gasteiger partial charge in [-0.15, -0.1) is 0 Å². The van der Waals surface area contributed by atoms with Crippen LogP contribution >= 0.6 is 0 Å². The van der Waals surface area contributed by atoms with Crippen molar-refractivity contribution in [2.75, 3.05) is 7.05 Å². The van der Waals surface area contributed by atoms with Crippen LogP contribution in [-0.2, 0) is 0 Å². The summed E-state index contributed by atoms with van der Waals surface area (Å²) in [6.07, 6.45) is 1.92. The molecule has 0 aromatic carbocycles. The predicted octanol–water partition coefficient (Wildman–Crippen LogP) is 1.92. The molecule has 3 heteroatoms. The summed E-state index contributed by atoms with van der Waals surface area (Å²) in [7, 11) is 1.88. The largest absolute Gasteiger partial charge is 0.311 e. The number of likely N-dealkylation sites (N-methyl/N-ethyl adjacent to an activating group) is 1. The fourth-order valence-electron chi connectivity index (χ4n) is 0.627. The van der Waals surface area contributed by atoms with Crippen LogP contribution in [0.15, 0.2) is 16.9 Å². The molecule has 0 bridgehead atoms. The molecule has 0 amide bonds. The number of nitrogens with zero attached hydrogens (tertiary/aromatic N) is 1. The molecular weight excluding hydrogens is 126 g/mol. The minimum absolute atomic E-state index is 0.0609. The molecule has 0 aliphatic rings. The van der Waals surface area contributed by atoms with Crippen molar-refractivity contribution in [2.24, 2.45) is 5.11 Å². The molecule has 0 spiro atoms. The van der Waals surface area contributed by atoms with E-state index in [9.17, 15) is 0 Å². The zero-order chi connectivity index (χ0) is 8.20. The highest BCUT2D eigenvalue weighted by atomic mass is 15.0. The van der Waals surface area contributed by atoms with Crippen LogP contribution in [0, 0.1) is 5.53 Å². The fourth-order valence-corrected chi connectivity index (χ4v) is 0.627. The summed E-state index contributed by atoms with van der Waals surface area (Å²) in [4.78, 5) is 0. The van der Waals surface area contributed by atoms with Crippen LogP contribution in [-0.4, -0.2) is 12.6 Å². The Bertz CT molecular complexity index is 147. The molecule has 0 aromatic rings. The Balaban J connectivity index is 4.22. The molecule has 10 heavy (non-hydrogen) atoms. The molecule has 2 N–H and O–H groups in total. The zero-order valence-electron chi connectivity index (χ0n) is 7.02. The summed E-state index contributed by atoms with van der Waals surface area (Å²) >= 11 is 0. The lowest BCUT2D eigenvalue weighted by Gasteiger charge is -2.18. The van der Waals surface area contributed by atoms with E-state index in [-0.39, 0.29) is 5.54 Å². The molecular formula is C7H15N3. The van der Waals surface area contributed by atoms with Gasteiger partial charge >= 0.3 is 0 Å². The second kappa shape index (κ2) is 3.46. The van der Waals surface area contributed by atoms with Gasteiger partial charge in [-0.1, -0.05) is 0 Å². The minimum Gasteiger partial charge on any atom is -0.311 e. The summed E-state index contributed by atoms with van der Waals surface area (Å²) in [5.41, 5.74) is 7.37. The second-order valence-electron chi connectivity index (χ2n) is 2.87. The molecule has 0 atom stereocenters. The highest BCUT2D eigenvalue weighted by Crippen LogP contribution is 2.07. The monoisotopic (exact) mass is 141 g/mol. The van der Waals surface area contributed by atoms with E-state index in [0.29, 0.717) is 0 Å². The second-order valence-corrected chi connectivity index (χ2v) is 2.87. The van der Waals surface area contributed by atoms with E-state index in [4.69, 9.17) is 5.53 Å². The summed E-state index contributed by atoms with van der Waals surface area (Å²) in [5, 5.41) is 6.38. The molecule has 0 aliphatic carbocycles. The van der Waals surface area contributed by atoms with Gasteiger partial charge in [-0.05, 0) is 33.9 Å². The zero-order valence-corrected chi connectivity index (χ0v) is 7.02. The summed E-state index contributed by atoms with van der Waals surface area (Å²) in [5.74, 6) is 0. The number of hydrogen-bond donors (Lipinski definition) is 2. The van der Waals surface area contributed by atoms with Crippen molar-refractivity contribution in [2.45, 2.75) is 26.3 Å². The van der Waals surface area contributed by atoms with Gasteiger partial charge in [0.05, 0.1) is 5.70 Å². The van der Waals surface area contributed by atoms with Gasteiger partial charge in [-0.2, -0.15) is 5.11 Å². The van der Waals surface area contributed by atoms with Crippen molar-refractivity contribution < 1.29 is 0 Å². The van der Waals surface area contributed by atoms with Gasteiger partial charge in [0, 0.05) is 5.54 Å². The Labute approximate surface area is 62.0 Å². The standard InChI is InChI=1S/C7H15N3/c1-6(10-8)5-7(2,3)9-4/h5,8-9H,1-4H3/b6-5+,10-8?. The van der Waals surface area contributed by atoms with E-state index < -0.39 is 0 Å². The van der Waals surface area contributed by atoms with Crippen molar-refractivity contribution in [3.05, 3.63) is 11.8 Å². The van der Waals surface area contributed by atoms with Crippen LogP contribution in [0.5, 0.6) is 0 Å². The first kappa shape index (κ1) is 9.30. The highest BCUT2D eigenvalue weighted by molar-refractivity contribution is 5.06. The van der Waals surface area contributed by atoms with Gasteiger partial charge in [0.15, 0.2) is 0 Å². The summed E-state index contributed by atoms with van der Waals surface area (Å²) in [6, 6.07) is 0. The van der Waals surface area contributed by atoms with Crippen molar-refractivity contribution in [1.82, 2.24) is 5.32 Å². The van der Waals surface area contributed by atoms with Gasteiger partial charge in [0.2, 0.25) is 0 Å². The lowest BCUT2D eigenvalue weighted by Crippen LogP contribution is -2.33. The molecule has 0 aliphatic heterocycles. The van der Waals surface area contributed by atoms with Gasteiger partial charge in [-0.3, -0.25) is 0 Å². The SMILES string of the molecule is CNC(C)(C)/C=C(\C)N=N. The fraction of sp³-hybridized carbons (Fsp3) is 0.714. The number of rotatable bonds is 3. The smallest absolute Gasteiger partial charge is 0.0571 e. The van der Waals surface area contributed by atoms with Gasteiger partial charge in [0.25, 0.3) is 0 Å². The van der Waals surface area contributed by atoms with E-state index in [1.54, 1.807) is 0 Å². The highest BCUT2D eigenvalue weighted by Gasteiger charge is 2.09. The minimum atomic E-state index is -0.0609. The maximum absolute atomic E-state index is 6.69. The Hall–Kier alpha value is -0.700. The Morgan fingerprint density at radius 3 is 2.40 bits per heavy atom. The third kappa shape index (κ3) is 3.35. The number of nitrogens with one attached hydrogen (secondary N) is 2. The van der Waals surface area contributed by atoms with E-state index in [1.807, 2.05) is 33.9 Å². The van der Waals surface area contributed by atoms with Crippen LogP contribution in [0.3, 0.4) is 0 Å². The van der Waals surface area contributed by atoms with Crippen molar-refractivity contribution in [3.8, 4) is 0 Å². The van der Waals surface area contributed by atoms with E-state index in [0.717, 1.165) is 5.70 Å². The lowest BCUT2D eigenvalue weighted by atomic mass is 10.1. The Morgan fingerprint density at radius 1 is 1.60 bits per heavy atom. The first-order valence-corrected chi connectivity index (χ1v) is 3.27. The molecule has 0 heterocycles. The van der Waals surface area contributed by atoms with E-state index in [1.165, 1.54) is 0 Å². The number of hydrogen-bond acceptors (Lipinski definition) is 3. The van der Waals surface area contributed by atoms with Crippen LogP contribution in [0.2, 0.25) is 0 Å². The van der Waals surface area contributed by atoms with Crippen molar-refractivity contribution in [3.63, 3.8) is 0 Å². The first-order valence-electron chi connectivity index (χ1n) is 3.27. The maximum Gasteiger partial charge on any atom is 0.0571 e. The molecule has 3 nitrogen and oxygen atoms in total. The first-order chi connectivity index (χ1) is 4.52. The van der Waals surface area contributed by atoms with Gasteiger partial charge in [0.1, 0.15) is 0 Å². The molecule has 0 saturated carbocycles. The van der Waals surface area contributed by atoms with Crippen molar-refractivity contribution >= 4 is 0 Å². The van der Waals surface area contributed by atoms with E-state index >= 15 is 0 Å². The Kier molecular flexibility index (Phi) is 3.22. The van der Waals surface area contributed by atoms with Crippen LogP contribution < -0.4 is 5.32 Å². The normalized spacial score (nSPS) is 13.4. The average molecular weight is 141 g/mol. The quantitative estimate of drug-likeness (QED) is 0.579.